The molecule has 2 aliphatic heterocycles. The van der Waals surface area contributed by atoms with E-state index in [0.717, 1.165) is 60.7 Å². The molecule has 5 rings (SSSR count). The van der Waals surface area contributed by atoms with Crippen molar-refractivity contribution in [2.24, 2.45) is 0 Å². The number of hydrogen-bond acceptors (Lipinski definition) is 6. The van der Waals surface area contributed by atoms with Gasteiger partial charge >= 0.3 is 6.03 Å². The molecule has 0 aromatic heterocycles. The lowest BCUT2D eigenvalue weighted by Crippen LogP contribution is -2.39. The maximum atomic E-state index is 12.2. The van der Waals surface area contributed by atoms with E-state index in [-0.39, 0.29) is 6.03 Å². The minimum atomic E-state index is -0.360. The van der Waals surface area contributed by atoms with Crippen molar-refractivity contribution in [2.75, 3.05) is 26.1 Å². The van der Waals surface area contributed by atoms with Crippen molar-refractivity contribution in [3.8, 4) is 17.2 Å². The number of anilines is 1. The maximum Gasteiger partial charge on any atom is 0.331 e. The zero-order valence-corrected chi connectivity index (χ0v) is 29.3. The highest BCUT2D eigenvalue weighted by Gasteiger charge is 2.33. The highest BCUT2D eigenvalue weighted by molar-refractivity contribution is 7.93. The molecule has 0 bridgehead atoms. The summed E-state index contributed by atoms with van der Waals surface area (Å²) in [6.45, 7) is 17.7. The first kappa shape index (κ1) is 36.3. The van der Waals surface area contributed by atoms with Crippen LogP contribution in [0.1, 0.15) is 68.5 Å². The predicted octanol–water partition coefficient (Wildman–Crippen LogP) is 9.54. The van der Waals surface area contributed by atoms with Gasteiger partial charge in [0.2, 0.25) is 0 Å². The molecule has 8 heteroatoms. The van der Waals surface area contributed by atoms with Gasteiger partial charge in [-0.25, -0.2) is 9.52 Å². The molecule has 1 unspecified atom stereocenters. The Morgan fingerprint density at radius 1 is 0.957 bits per heavy atom. The lowest BCUT2D eigenvalue weighted by Gasteiger charge is -2.41. The van der Waals surface area contributed by atoms with Crippen molar-refractivity contribution in [1.82, 2.24) is 9.62 Å². The van der Waals surface area contributed by atoms with Gasteiger partial charge in [-0.3, -0.25) is 4.90 Å². The number of aryl methyl sites for hydroxylation is 1. The number of urea groups is 1. The molecule has 1 atom stereocenters. The number of carbonyl (C=O) groups is 1. The van der Waals surface area contributed by atoms with E-state index in [1.165, 1.54) is 27.8 Å². The average Bonchev–Trinajstić information content (AvgIpc) is 3.07. The van der Waals surface area contributed by atoms with Crippen LogP contribution in [0.4, 0.5) is 10.5 Å². The van der Waals surface area contributed by atoms with E-state index < -0.39 is 0 Å². The molecule has 3 aromatic rings. The largest absolute Gasteiger partial charge is 0.497 e. The number of benzene rings is 3. The molecule has 3 aromatic carbocycles. The molecule has 0 radical (unpaired) electrons. The van der Waals surface area contributed by atoms with Crippen LogP contribution in [0.25, 0.3) is 0 Å². The smallest absolute Gasteiger partial charge is 0.331 e. The van der Waals surface area contributed by atoms with Crippen LogP contribution in [0.15, 0.2) is 90.6 Å². The molecule has 46 heavy (non-hydrogen) atoms. The number of nitrogens with zero attached hydrogens (tertiary/aromatic N) is 1. The molecule has 7 nitrogen and oxygen atoms in total. The molecule has 2 heterocycles. The highest BCUT2D eigenvalue weighted by atomic mass is 32.2. The summed E-state index contributed by atoms with van der Waals surface area (Å²) in [7, 11) is 3.34. The minimum absolute atomic E-state index is 0.324. The summed E-state index contributed by atoms with van der Waals surface area (Å²) in [5.41, 5.74) is 9.42. The first-order chi connectivity index (χ1) is 22.2. The van der Waals surface area contributed by atoms with Crippen molar-refractivity contribution in [3.63, 3.8) is 0 Å². The van der Waals surface area contributed by atoms with Gasteiger partial charge in [0.25, 0.3) is 0 Å². The summed E-state index contributed by atoms with van der Waals surface area (Å²) >= 11 is 0.866. The van der Waals surface area contributed by atoms with Gasteiger partial charge < -0.3 is 19.0 Å². The van der Waals surface area contributed by atoms with Crippen LogP contribution in [0.3, 0.4) is 0 Å². The van der Waals surface area contributed by atoms with Crippen LogP contribution in [0.2, 0.25) is 0 Å². The van der Waals surface area contributed by atoms with Gasteiger partial charge in [0, 0.05) is 24.8 Å². The van der Waals surface area contributed by atoms with E-state index in [0.29, 0.717) is 17.5 Å². The quantitative estimate of drug-likeness (QED) is 0.145. The highest BCUT2D eigenvalue weighted by Crippen LogP contribution is 2.42. The third-order valence-corrected chi connectivity index (χ3v) is 8.28. The zero-order valence-electron chi connectivity index (χ0n) is 28.5. The Morgan fingerprint density at radius 3 is 2.33 bits per heavy atom. The Labute approximate surface area is 280 Å². The summed E-state index contributed by atoms with van der Waals surface area (Å²) in [6.07, 6.45) is 8.04. The molecule has 0 fully saturated rings. The van der Waals surface area contributed by atoms with Crippen LogP contribution in [0.5, 0.6) is 17.2 Å². The Bertz CT molecular complexity index is 1530. The summed E-state index contributed by atoms with van der Waals surface area (Å²) in [5, 5.41) is 2.79. The Balaban J connectivity index is 0.000000454. The SMILES string of the molecule is C=C(C)/C=C\C(C)=C/C.CC.COc1ccc2c(c1)CCN1Cc3cc(OC)c(OSNC(=O)Nc4ccc(C)cc4)cc3CC21. The average molecular weight is 644 g/mol. The normalized spacial score (nSPS) is 15.0. The third-order valence-electron chi connectivity index (χ3n) is 7.75. The Hall–Kier alpha value is -4.14. The molecule has 246 valence electrons. The Morgan fingerprint density at radius 2 is 1.67 bits per heavy atom. The molecule has 0 aliphatic carbocycles. The van der Waals surface area contributed by atoms with E-state index in [2.05, 4.69) is 58.8 Å². The second kappa shape index (κ2) is 18.1. The molecular formula is C38H49N3O4S. The number of allylic oxidation sites excluding steroid dienone is 5. The van der Waals surface area contributed by atoms with Crippen LogP contribution in [0, 0.1) is 6.92 Å². The van der Waals surface area contributed by atoms with Crippen molar-refractivity contribution in [1.29, 1.82) is 0 Å². The fraction of sp³-hybridized carbons (Fsp3) is 0.342. The number of rotatable bonds is 8. The van der Waals surface area contributed by atoms with Gasteiger partial charge in [-0.1, -0.05) is 73.6 Å². The zero-order chi connectivity index (χ0) is 33.6. The number of methoxy groups -OCH3 is 2. The third kappa shape index (κ3) is 10.2. The summed E-state index contributed by atoms with van der Waals surface area (Å²) in [4.78, 5) is 14.8. The van der Waals surface area contributed by atoms with Gasteiger partial charge in [-0.15, -0.1) is 0 Å². The first-order valence-electron chi connectivity index (χ1n) is 15.7. The molecule has 2 N–H and O–H groups in total. The Kier molecular flexibility index (Phi) is 14.3. The monoisotopic (exact) mass is 643 g/mol. The van der Waals surface area contributed by atoms with E-state index >= 15 is 0 Å². The molecular weight excluding hydrogens is 595 g/mol. The van der Waals surface area contributed by atoms with Crippen LogP contribution >= 0.6 is 12.2 Å². The summed E-state index contributed by atoms with van der Waals surface area (Å²) in [6, 6.07) is 18.1. The lowest BCUT2D eigenvalue weighted by atomic mass is 9.84. The van der Waals surface area contributed by atoms with Gasteiger partial charge in [0.15, 0.2) is 23.7 Å². The van der Waals surface area contributed by atoms with Crippen molar-refractivity contribution in [3.05, 3.63) is 118 Å². The van der Waals surface area contributed by atoms with Crippen molar-refractivity contribution < 1.29 is 18.5 Å². The van der Waals surface area contributed by atoms with Crippen molar-refractivity contribution in [2.45, 2.75) is 67.0 Å². The number of carbonyl (C=O) groups excluding carboxylic acids is 1. The standard InChI is InChI=1S/C27H29N3O4S.C9H14.C2H6/c1-17-4-6-21(7-5-17)28-27(31)29-35-34-26-14-19-13-24-23-9-8-22(32-2)12-18(23)10-11-30(24)16-20(19)15-25(26)33-3;1-5-9(4)7-6-8(2)3;1-2/h4-9,12,14-15,24H,10-11,13,16H2,1-3H3,(H2,28,29,31);5-7H,2H2,1,3-4H3;1-2H3/b;7-6-,9-5-;. The second-order valence-electron chi connectivity index (χ2n) is 11.1. The van der Waals surface area contributed by atoms with Crippen molar-refractivity contribution >= 4 is 23.9 Å². The van der Waals surface area contributed by atoms with E-state index in [1.807, 2.05) is 77.1 Å². The second-order valence-corrected chi connectivity index (χ2v) is 11.6. The number of fused-ring (bicyclic) bond motifs is 4. The fourth-order valence-electron chi connectivity index (χ4n) is 5.20. The number of nitrogens with one attached hydrogen (secondary N) is 2. The van der Waals surface area contributed by atoms with Gasteiger partial charge in [-0.05, 0) is 99.2 Å². The minimum Gasteiger partial charge on any atom is -0.497 e. The first-order valence-corrected chi connectivity index (χ1v) is 16.5. The van der Waals surface area contributed by atoms with E-state index in [4.69, 9.17) is 13.7 Å². The molecule has 0 saturated heterocycles. The molecule has 0 saturated carbocycles. The molecule has 2 aliphatic rings. The lowest BCUT2D eigenvalue weighted by molar-refractivity contribution is 0.160. The fourth-order valence-corrected chi connectivity index (χ4v) is 5.58. The summed E-state index contributed by atoms with van der Waals surface area (Å²) in [5.74, 6) is 2.15. The van der Waals surface area contributed by atoms with Crippen LogP contribution in [-0.4, -0.2) is 31.7 Å². The van der Waals surface area contributed by atoms with Gasteiger partial charge in [0.05, 0.1) is 14.2 Å². The molecule has 2 amide bonds. The van der Waals surface area contributed by atoms with Crippen LogP contribution in [-0.2, 0) is 19.4 Å². The summed E-state index contributed by atoms with van der Waals surface area (Å²) < 4.78 is 19.5. The number of amides is 2. The van der Waals surface area contributed by atoms with E-state index in [1.54, 1.807) is 14.2 Å². The number of hydrogen-bond donors (Lipinski definition) is 2. The van der Waals surface area contributed by atoms with E-state index in [9.17, 15) is 4.79 Å². The maximum absolute atomic E-state index is 12.2. The number of ether oxygens (including phenoxy) is 2. The predicted molar refractivity (Wildman–Crippen MR) is 193 cm³/mol. The van der Waals surface area contributed by atoms with Gasteiger partial charge in [-0.2, -0.15) is 0 Å². The van der Waals surface area contributed by atoms with Crippen LogP contribution < -0.4 is 23.7 Å². The van der Waals surface area contributed by atoms with Gasteiger partial charge in [0.1, 0.15) is 5.75 Å². The molecule has 0 spiro atoms. The topological polar surface area (TPSA) is 72.1 Å².